The Morgan fingerprint density at radius 2 is 1.40 bits per heavy atom. The molecule has 25 heavy (non-hydrogen) atoms. The average molecular weight is 331 g/mol. The maximum absolute atomic E-state index is 4.76. The molecular formula is C22H25N3. The minimum absolute atomic E-state index is 1.01. The zero-order valence-electron chi connectivity index (χ0n) is 14.6. The van der Waals surface area contributed by atoms with Crippen LogP contribution >= 0.6 is 0 Å². The lowest BCUT2D eigenvalue weighted by atomic mass is 10.0. The molecule has 0 bridgehead atoms. The lowest BCUT2D eigenvalue weighted by Crippen LogP contribution is -2.21. The number of benzene rings is 2. The molecule has 0 radical (unpaired) electrons. The van der Waals surface area contributed by atoms with Crippen LogP contribution in [-0.2, 0) is 6.54 Å². The van der Waals surface area contributed by atoms with Crippen LogP contribution in [-0.4, -0.2) is 34.1 Å². The molecule has 3 nitrogen and oxygen atoms in total. The summed E-state index contributed by atoms with van der Waals surface area (Å²) in [5, 5.41) is 0. The number of rotatable bonds is 6. The SMILES string of the molecule is c1ccc(-c2ncn(CCCN3CCCC3)c2-c2ccccc2)cc1. The maximum Gasteiger partial charge on any atom is 0.0963 e. The van der Waals surface area contributed by atoms with Crippen LogP contribution in [0, 0.1) is 0 Å². The molecule has 0 N–H and O–H groups in total. The van der Waals surface area contributed by atoms with Gasteiger partial charge in [0.05, 0.1) is 17.7 Å². The normalized spacial score (nSPS) is 14.9. The first-order valence-electron chi connectivity index (χ1n) is 9.30. The largest absolute Gasteiger partial charge is 0.330 e. The van der Waals surface area contributed by atoms with Crippen molar-refractivity contribution in [2.45, 2.75) is 25.8 Å². The van der Waals surface area contributed by atoms with E-state index in [-0.39, 0.29) is 0 Å². The maximum atomic E-state index is 4.76. The Balaban J connectivity index is 1.61. The summed E-state index contributed by atoms with van der Waals surface area (Å²) in [6.45, 7) is 4.74. The molecule has 1 aliphatic heterocycles. The second-order valence-corrected chi connectivity index (χ2v) is 6.77. The van der Waals surface area contributed by atoms with Crippen LogP contribution in [0.5, 0.6) is 0 Å². The van der Waals surface area contributed by atoms with Crippen molar-refractivity contribution in [1.29, 1.82) is 0 Å². The Bertz CT molecular complexity index is 787. The summed E-state index contributed by atoms with van der Waals surface area (Å²) >= 11 is 0. The summed E-state index contributed by atoms with van der Waals surface area (Å²) in [5.41, 5.74) is 4.72. The van der Waals surface area contributed by atoms with Crippen molar-refractivity contribution in [3.8, 4) is 22.5 Å². The van der Waals surface area contributed by atoms with E-state index in [0.29, 0.717) is 0 Å². The molecule has 0 amide bonds. The van der Waals surface area contributed by atoms with Crippen molar-refractivity contribution < 1.29 is 0 Å². The summed E-state index contributed by atoms with van der Waals surface area (Å²) in [6, 6.07) is 21.1. The monoisotopic (exact) mass is 331 g/mol. The van der Waals surface area contributed by atoms with Gasteiger partial charge in [0.2, 0.25) is 0 Å². The Labute approximate surface area is 149 Å². The number of aromatic nitrogens is 2. The molecule has 1 aliphatic rings. The van der Waals surface area contributed by atoms with E-state index in [1.165, 1.54) is 55.7 Å². The number of nitrogens with zero attached hydrogens (tertiary/aromatic N) is 3. The van der Waals surface area contributed by atoms with E-state index in [1.807, 2.05) is 6.33 Å². The Morgan fingerprint density at radius 1 is 0.760 bits per heavy atom. The van der Waals surface area contributed by atoms with Gasteiger partial charge in [0.1, 0.15) is 0 Å². The highest BCUT2D eigenvalue weighted by molar-refractivity contribution is 5.78. The van der Waals surface area contributed by atoms with Crippen LogP contribution in [0.3, 0.4) is 0 Å². The Hall–Kier alpha value is -2.39. The van der Waals surface area contributed by atoms with E-state index in [1.54, 1.807) is 0 Å². The summed E-state index contributed by atoms with van der Waals surface area (Å²) in [7, 11) is 0. The summed E-state index contributed by atoms with van der Waals surface area (Å²) in [6.07, 6.45) is 5.90. The fourth-order valence-corrected chi connectivity index (χ4v) is 3.73. The molecule has 2 heterocycles. The lowest BCUT2D eigenvalue weighted by Gasteiger charge is -2.15. The van der Waals surface area contributed by atoms with Gasteiger partial charge in [-0.2, -0.15) is 0 Å². The first kappa shape index (κ1) is 16.1. The van der Waals surface area contributed by atoms with Crippen molar-refractivity contribution >= 4 is 0 Å². The van der Waals surface area contributed by atoms with E-state index in [9.17, 15) is 0 Å². The number of hydrogen-bond acceptors (Lipinski definition) is 2. The minimum atomic E-state index is 1.01. The third-order valence-electron chi connectivity index (χ3n) is 5.00. The molecule has 0 unspecified atom stereocenters. The van der Waals surface area contributed by atoms with Gasteiger partial charge >= 0.3 is 0 Å². The zero-order chi connectivity index (χ0) is 16.9. The van der Waals surface area contributed by atoms with Crippen molar-refractivity contribution in [2.75, 3.05) is 19.6 Å². The molecule has 3 heteroatoms. The number of hydrogen-bond donors (Lipinski definition) is 0. The van der Waals surface area contributed by atoms with Gasteiger partial charge in [-0.25, -0.2) is 4.98 Å². The second-order valence-electron chi connectivity index (χ2n) is 6.77. The average Bonchev–Trinajstić information content (AvgIpc) is 3.33. The van der Waals surface area contributed by atoms with Gasteiger partial charge < -0.3 is 9.47 Å². The van der Waals surface area contributed by atoms with E-state index < -0.39 is 0 Å². The van der Waals surface area contributed by atoms with Crippen molar-refractivity contribution in [2.24, 2.45) is 0 Å². The molecule has 0 atom stereocenters. The third-order valence-corrected chi connectivity index (χ3v) is 5.00. The van der Waals surface area contributed by atoms with Gasteiger partial charge in [0, 0.05) is 17.7 Å². The molecule has 3 aromatic rings. The quantitative estimate of drug-likeness (QED) is 0.652. The van der Waals surface area contributed by atoms with Crippen LogP contribution in [0.1, 0.15) is 19.3 Å². The van der Waals surface area contributed by atoms with Gasteiger partial charge in [-0.3, -0.25) is 0 Å². The molecule has 0 spiro atoms. The molecule has 4 rings (SSSR count). The Kier molecular flexibility index (Phi) is 4.93. The lowest BCUT2D eigenvalue weighted by molar-refractivity contribution is 0.325. The minimum Gasteiger partial charge on any atom is -0.330 e. The third kappa shape index (κ3) is 3.67. The molecule has 0 aliphatic carbocycles. The van der Waals surface area contributed by atoms with Crippen molar-refractivity contribution in [1.82, 2.24) is 14.5 Å². The van der Waals surface area contributed by atoms with Crippen LogP contribution in [0.2, 0.25) is 0 Å². The van der Waals surface area contributed by atoms with Crippen LogP contribution in [0.25, 0.3) is 22.5 Å². The molecule has 1 fully saturated rings. The molecule has 0 saturated carbocycles. The smallest absolute Gasteiger partial charge is 0.0963 e. The highest BCUT2D eigenvalue weighted by Gasteiger charge is 2.15. The second kappa shape index (κ2) is 7.66. The fraction of sp³-hybridized carbons (Fsp3) is 0.318. The van der Waals surface area contributed by atoms with Crippen molar-refractivity contribution in [3.05, 3.63) is 67.0 Å². The van der Waals surface area contributed by atoms with E-state index in [0.717, 1.165) is 12.2 Å². The first-order chi connectivity index (χ1) is 12.4. The van der Waals surface area contributed by atoms with Crippen LogP contribution < -0.4 is 0 Å². The van der Waals surface area contributed by atoms with Gasteiger partial charge in [-0.15, -0.1) is 0 Å². The number of aryl methyl sites for hydroxylation is 1. The number of imidazole rings is 1. The van der Waals surface area contributed by atoms with E-state index >= 15 is 0 Å². The predicted octanol–water partition coefficient (Wildman–Crippen LogP) is 4.70. The fourth-order valence-electron chi connectivity index (χ4n) is 3.73. The summed E-state index contributed by atoms with van der Waals surface area (Å²) < 4.78 is 2.33. The molecule has 128 valence electrons. The topological polar surface area (TPSA) is 21.1 Å². The van der Waals surface area contributed by atoms with E-state index in [4.69, 9.17) is 4.98 Å². The highest BCUT2D eigenvalue weighted by atomic mass is 15.1. The van der Waals surface area contributed by atoms with E-state index in [2.05, 4.69) is 70.1 Å². The zero-order valence-corrected chi connectivity index (χ0v) is 14.6. The molecular weight excluding hydrogens is 306 g/mol. The first-order valence-corrected chi connectivity index (χ1v) is 9.30. The van der Waals surface area contributed by atoms with Crippen LogP contribution in [0.15, 0.2) is 67.0 Å². The van der Waals surface area contributed by atoms with Gasteiger partial charge in [-0.05, 0) is 38.9 Å². The predicted molar refractivity (Wildman–Crippen MR) is 103 cm³/mol. The van der Waals surface area contributed by atoms with Gasteiger partial charge in [0.15, 0.2) is 0 Å². The van der Waals surface area contributed by atoms with Crippen LogP contribution in [0.4, 0.5) is 0 Å². The molecule has 2 aromatic carbocycles. The highest BCUT2D eigenvalue weighted by Crippen LogP contribution is 2.31. The van der Waals surface area contributed by atoms with Crippen molar-refractivity contribution in [3.63, 3.8) is 0 Å². The Morgan fingerprint density at radius 3 is 2.08 bits per heavy atom. The molecule has 1 aromatic heterocycles. The summed E-state index contributed by atoms with van der Waals surface area (Å²) in [4.78, 5) is 7.34. The molecule has 1 saturated heterocycles. The van der Waals surface area contributed by atoms with Gasteiger partial charge in [0.25, 0.3) is 0 Å². The standard InChI is InChI=1S/C22H25N3/c1-3-10-19(11-4-1)21-22(20-12-5-2-6-13-20)25(18-23-21)17-9-16-24-14-7-8-15-24/h1-6,10-13,18H,7-9,14-17H2. The number of likely N-dealkylation sites (tertiary alicyclic amines) is 1. The van der Waals surface area contributed by atoms with Gasteiger partial charge in [-0.1, -0.05) is 60.7 Å². The summed E-state index contributed by atoms with van der Waals surface area (Å²) in [5.74, 6) is 0.